The maximum atomic E-state index is 13.7. The number of piperazine rings is 1. The van der Waals surface area contributed by atoms with E-state index in [0.29, 0.717) is 37.9 Å². The van der Waals surface area contributed by atoms with Gasteiger partial charge in [-0.3, -0.25) is 9.59 Å². The van der Waals surface area contributed by atoms with Crippen molar-refractivity contribution in [1.29, 1.82) is 0 Å². The average Bonchev–Trinajstić information content (AvgIpc) is 3.08. The van der Waals surface area contributed by atoms with Crippen LogP contribution in [0.4, 0.5) is 8.78 Å². The van der Waals surface area contributed by atoms with Gasteiger partial charge in [-0.05, 0) is 24.3 Å². The Morgan fingerprint density at radius 1 is 0.957 bits per heavy atom. The molecule has 2 aromatic rings. The van der Waals surface area contributed by atoms with E-state index in [0.717, 1.165) is 12.1 Å². The first kappa shape index (κ1) is 15.2. The van der Waals surface area contributed by atoms with E-state index in [-0.39, 0.29) is 11.5 Å². The summed E-state index contributed by atoms with van der Waals surface area (Å²) >= 11 is 0. The number of benzene rings is 1. The van der Waals surface area contributed by atoms with Crippen molar-refractivity contribution in [2.75, 3.05) is 26.2 Å². The van der Waals surface area contributed by atoms with E-state index in [9.17, 15) is 18.4 Å². The summed E-state index contributed by atoms with van der Waals surface area (Å²) < 4.78 is 26.6. The van der Waals surface area contributed by atoms with Crippen molar-refractivity contribution in [2.45, 2.75) is 0 Å². The molecule has 1 aliphatic rings. The van der Waals surface area contributed by atoms with Crippen molar-refractivity contribution in [3.8, 4) is 0 Å². The molecule has 1 aliphatic heterocycles. The Balaban J connectivity index is 1.64. The third-order valence-electron chi connectivity index (χ3n) is 3.84. The quantitative estimate of drug-likeness (QED) is 0.919. The summed E-state index contributed by atoms with van der Waals surface area (Å²) in [4.78, 5) is 30.4. The molecule has 120 valence electrons. The lowest BCUT2D eigenvalue weighted by Crippen LogP contribution is -2.50. The monoisotopic (exact) mass is 319 g/mol. The minimum atomic E-state index is -0.875. The summed E-state index contributed by atoms with van der Waals surface area (Å²) in [5.41, 5.74) is 0.338. The van der Waals surface area contributed by atoms with Gasteiger partial charge in [0.1, 0.15) is 17.3 Å². The second-order valence-electron chi connectivity index (χ2n) is 5.29. The van der Waals surface area contributed by atoms with E-state index in [1.54, 1.807) is 23.2 Å². The predicted molar refractivity (Wildman–Crippen MR) is 79.0 cm³/mol. The molecule has 5 nitrogen and oxygen atoms in total. The molecular weight excluding hydrogens is 304 g/mol. The second kappa shape index (κ2) is 6.20. The van der Waals surface area contributed by atoms with Crippen LogP contribution in [-0.2, 0) is 0 Å². The summed E-state index contributed by atoms with van der Waals surface area (Å²) in [5.74, 6) is -2.22. The Kier molecular flexibility index (Phi) is 4.10. The molecule has 7 heteroatoms. The van der Waals surface area contributed by atoms with Gasteiger partial charge in [0.15, 0.2) is 0 Å². The van der Waals surface area contributed by atoms with E-state index in [4.69, 9.17) is 0 Å². The molecule has 0 unspecified atom stereocenters. The fourth-order valence-corrected chi connectivity index (χ4v) is 2.58. The van der Waals surface area contributed by atoms with Crippen molar-refractivity contribution in [2.24, 2.45) is 0 Å². The molecule has 1 saturated heterocycles. The Hall–Kier alpha value is -2.70. The fraction of sp³-hybridized carbons (Fsp3) is 0.250. The smallest absolute Gasteiger partial charge is 0.270 e. The first-order chi connectivity index (χ1) is 11.1. The second-order valence-corrected chi connectivity index (χ2v) is 5.29. The average molecular weight is 319 g/mol. The number of H-pyrrole nitrogens is 1. The number of amides is 2. The van der Waals surface area contributed by atoms with Crippen molar-refractivity contribution in [1.82, 2.24) is 14.8 Å². The Bertz CT molecular complexity index is 723. The van der Waals surface area contributed by atoms with Gasteiger partial charge in [-0.15, -0.1) is 0 Å². The molecule has 1 fully saturated rings. The summed E-state index contributed by atoms with van der Waals surface area (Å²) in [7, 11) is 0. The van der Waals surface area contributed by atoms with Gasteiger partial charge < -0.3 is 14.8 Å². The van der Waals surface area contributed by atoms with Crippen LogP contribution < -0.4 is 0 Å². The lowest BCUT2D eigenvalue weighted by molar-refractivity contribution is 0.0530. The summed E-state index contributed by atoms with van der Waals surface area (Å²) in [6.07, 6.45) is 1.67. The van der Waals surface area contributed by atoms with Crippen LogP contribution in [0.3, 0.4) is 0 Å². The standard InChI is InChI=1S/C16H15F2N3O2/c17-11-3-4-12(13(18)10-11)15(22)20-6-8-21(9-7-20)16(23)14-2-1-5-19-14/h1-5,10,19H,6-9H2. The van der Waals surface area contributed by atoms with Gasteiger partial charge in [-0.25, -0.2) is 8.78 Å². The first-order valence-electron chi connectivity index (χ1n) is 7.23. The zero-order valence-corrected chi connectivity index (χ0v) is 12.3. The molecule has 1 aromatic heterocycles. The lowest BCUT2D eigenvalue weighted by atomic mass is 10.1. The van der Waals surface area contributed by atoms with Crippen LogP contribution in [0.15, 0.2) is 36.5 Å². The molecule has 0 aliphatic carbocycles. The van der Waals surface area contributed by atoms with Gasteiger partial charge in [0.2, 0.25) is 0 Å². The number of carbonyl (C=O) groups excluding carboxylic acids is 2. The molecule has 0 atom stereocenters. The summed E-state index contributed by atoms with van der Waals surface area (Å²) in [6, 6.07) is 6.32. The molecule has 0 radical (unpaired) electrons. The molecule has 0 saturated carbocycles. The molecule has 2 amide bonds. The summed E-state index contributed by atoms with van der Waals surface area (Å²) in [5, 5.41) is 0. The van der Waals surface area contributed by atoms with E-state index >= 15 is 0 Å². The number of halogens is 2. The maximum absolute atomic E-state index is 13.7. The van der Waals surface area contributed by atoms with Crippen LogP contribution in [0.1, 0.15) is 20.8 Å². The first-order valence-corrected chi connectivity index (χ1v) is 7.23. The van der Waals surface area contributed by atoms with Gasteiger partial charge >= 0.3 is 0 Å². The highest BCUT2D eigenvalue weighted by Crippen LogP contribution is 2.15. The molecule has 3 rings (SSSR count). The highest BCUT2D eigenvalue weighted by atomic mass is 19.1. The van der Waals surface area contributed by atoms with Crippen LogP contribution in [-0.4, -0.2) is 52.8 Å². The highest BCUT2D eigenvalue weighted by molar-refractivity contribution is 5.95. The van der Waals surface area contributed by atoms with Crippen LogP contribution in [0, 0.1) is 11.6 Å². The predicted octanol–water partition coefficient (Wildman–Crippen LogP) is 1.89. The van der Waals surface area contributed by atoms with Crippen LogP contribution in [0.25, 0.3) is 0 Å². The Labute approximate surface area is 131 Å². The number of carbonyl (C=O) groups is 2. The molecular formula is C16H15F2N3O2. The van der Waals surface area contributed by atoms with Crippen molar-refractivity contribution in [3.63, 3.8) is 0 Å². The SMILES string of the molecule is O=C(c1ccc[nH]1)N1CCN(C(=O)c2ccc(F)cc2F)CC1. The molecule has 0 bridgehead atoms. The molecule has 1 aromatic carbocycles. The Morgan fingerprint density at radius 3 is 2.17 bits per heavy atom. The van der Waals surface area contributed by atoms with E-state index < -0.39 is 17.5 Å². The van der Waals surface area contributed by atoms with Crippen molar-refractivity contribution in [3.05, 3.63) is 59.4 Å². The maximum Gasteiger partial charge on any atom is 0.270 e. The number of hydrogen-bond donors (Lipinski definition) is 1. The normalized spacial score (nSPS) is 14.9. The molecule has 2 heterocycles. The number of aromatic nitrogens is 1. The third kappa shape index (κ3) is 3.08. The summed E-state index contributed by atoms with van der Waals surface area (Å²) in [6.45, 7) is 1.35. The topological polar surface area (TPSA) is 56.4 Å². The minimum absolute atomic E-state index is 0.130. The van der Waals surface area contributed by atoms with Gasteiger partial charge in [0.25, 0.3) is 11.8 Å². The van der Waals surface area contributed by atoms with Crippen LogP contribution in [0.2, 0.25) is 0 Å². The van der Waals surface area contributed by atoms with E-state index in [1.807, 2.05) is 0 Å². The lowest BCUT2D eigenvalue weighted by Gasteiger charge is -2.34. The Morgan fingerprint density at radius 2 is 1.61 bits per heavy atom. The van der Waals surface area contributed by atoms with Gasteiger partial charge in [-0.1, -0.05) is 0 Å². The third-order valence-corrected chi connectivity index (χ3v) is 3.84. The number of hydrogen-bond acceptors (Lipinski definition) is 2. The molecule has 0 spiro atoms. The fourth-order valence-electron chi connectivity index (χ4n) is 2.58. The van der Waals surface area contributed by atoms with Gasteiger partial charge in [0.05, 0.1) is 5.56 Å². The van der Waals surface area contributed by atoms with Crippen molar-refractivity contribution < 1.29 is 18.4 Å². The number of rotatable bonds is 2. The van der Waals surface area contributed by atoms with Crippen LogP contribution in [0.5, 0.6) is 0 Å². The number of aromatic amines is 1. The largest absolute Gasteiger partial charge is 0.357 e. The zero-order chi connectivity index (χ0) is 16.4. The molecule has 1 N–H and O–H groups in total. The highest BCUT2D eigenvalue weighted by Gasteiger charge is 2.27. The minimum Gasteiger partial charge on any atom is -0.357 e. The van der Waals surface area contributed by atoms with Crippen molar-refractivity contribution >= 4 is 11.8 Å². The van der Waals surface area contributed by atoms with Crippen LogP contribution >= 0.6 is 0 Å². The van der Waals surface area contributed by atoms with E-state index in [2.05, 4.69) is 4.98 Å². The number of nitrogens with one attached hydrogen (secondary N) is 1. The van der Waals surface area contributed by atoms with Gasteiger partial charge in [0, 0.05) is 38.4 Å². The number of nitrogens with zero attached hydrogens (tertiary/aromatic N) is 2. The van der Waals surface area contributed by atoms with E-state index in [1.165, 1.54) is 4.90 Å². The zero-order valence-electron chi connectivity index (χ0n) is 12.3. The van der Waals surface area contributed by atoms with Gasteiger partial charge in [-0.2, -0.15) is 0 Å². The molecule has 23 heavy (non-hydrogen) atoms.